The second-order valence-electron chi connectivity index (χ2n) is 7.34. The van der Waals surface area contributed by atoms with E-state index in [1.807, 2.05) is 12.1 Å². The van der Waals surface area contributed by atoms with E-state index in [1.54, 1.807) is 12.3 Å². The van der Waals surface area contributed by atoms with Crippen molar-refractivity contribution in [2.45, 2.75) is 31.9 Å². The maximum Gasteiger partial charge on any atom is 0.303 e. The van der Waals surface area contributed by atoms with Gasteiger partial charge in [-0.25, -0.2) is 4.39 Å². The highest BCUT2D eigenvalue weighted by atomic mass is 19.1. The fourth-order valence-corrected chi connectivity index (χ4v) is 4.61. The highest BCUT2D eigenvalue weighted by Gasteiger charge is 2.44. The molecule has 26 heavy (non-hydrogen) atoms. The first-order valence-electron chi connectivity index (χ1n) is 9.15. The molecule has 5 atom stereocenters. The number of rotatable bonds is 4. The van der Waals surface area contributed by atoms with Gasteiger partial charge in [0, 0.05) is 30.6 Å². The number of piperidine rings is 3. The van der Waals surface area contributed by atoms with Crippen LogP contribution in [-0.2, 0) is 9.53 Å². The number of carbonyl (C=O) groups excluding carboxylic acids is 1. The summed E-state index contributed by atoms with van der Waals surface area (Å²) in [5, 5.41) is 0.710. The lowest BCUT2D eigenvalue weighted by atomic mass is 9.73. The molecule has 1 aromatic heterocycles. The van der Waals surface area contributed by atoms with E-state index in [2.05, 4.69) is 16.5 Å². The Bertz CT molecular complexity index is 853. The molecule has 136 valence electrons. The predicted molar refractivity (Wildman–Crippen MR) is 98.0 cm³/mol. The monoisotopic (exact) mass is 354 g/mol. The minimum atomic E-state index is -0.423. The summed E-state index contributed by atoms with van der Waals surface area (Å²) in [6.07, 6.45) is 5.42. The first kappa shape index (κ1) is 17.2. The van der Waals surface area contributed by atoms with Crippen LogP contribution in [0.5, 0.6) is 0 Å². The van der Waals surface area contributed by atoms with Crippen LogP contribution in [0, 0.1) is 17.7 Å². The van der Waals surface area contributed by atoms with E-state index in [1.165, 1.54) is 19.1 Å². The SMILES string of the molecule is C=C[C@H]1CN2CCC1CC2[C@H](OC(C)=O)c1ccnc2ccc(F)cc12. The molecule has 3 aliphatic heterocycles. The third-order valence-electron chi connectivity index (χ3n) is 5.84. The molecule has 3 aliphatic rings. The second kappa shape index (κ2) is 6.80. The summed E-state index contributed by atoms with van der Waals surface area (Å²) >= 11 is 0. The van der Waals surface area contributed by atoms with Gasteiger partial charge in [-0.05, 0) is 55.5 Å². The summed E-state index contributed by atoms with van der Waals surface area (Å²) in [7, 11) is 0. The summed E-state index contributed by atoms with van der Waals surface area (Å²) in [5.74, 6) is 0.416. The number of fused-ring (bicyclic) bond motifs is 4. The van der Waals surface area contributed by atoms with Gasteiger partial charge in [-0.2, -0.15) is 0 Å². The topological polar surface area (TPSA) is 42.4 Å². The largest absolute Gasteiger partial charge is 0.456 e. The Morgan fingerprint density at radius 2 is 2.31 bits per heavy atom. The van der Waals surface area contributed by atoms with Crippen LogP contribution in [0.3, 0.4) is 0 Å². The molecule has 5 heteroatoms. The number of carbonyl (C=O) groups is 1. The first-order valence-corrected chi connectivity index (χ1v) is 9.15. The molecule has 2 aromatic rings. The van der Waals surface area contributed by atoms with Crippen LogP contribution < -0.4 is 0 Å². The summed E-state index contributed by atoms with van der Waals surface area (Å²) in [4.78, 5) is 18.6. The number of benzene rings is 1. The van der Waals surface area contributed by atoms with E-state index >= 15 is 0 Å². The van der Waals surface area contributed by atoms with Crippen molar-refractivity contribution >= 4 is 16.9 Å². The van der Waals surface area contributed by atoms with Crippen molar-refractivity contribution in [1.82, 2.24) is 9.88 Å². The van der Waals surface area contributed by atoms with E-state index in [9.17, 15) is 9.18 Å². The van der Waals surface area contributed by atoms with Gasteiger partial charge >= 0.3 is 5.97 Å². The van der Waals surface area contributed by atoms with Gasteiger partial charge in [-0.1, -0.05) is 6.08 Å². The zero-order chi connectivity index (χ0) is 18.3. The van der Waals surface area contributed by atoms with E-state index in [4.69, 9.17) is 4.74 Å². The fourth-order valence-electron chi connectivity index (χ4n) is 4.61. The maximum atomic E-state index is 13.9. The Hall–Kier alpha value is -2.27. The molecule has 0 radical (unpaired) electrons. The number of aromatic nitrogens is 1. The van der Waals surface area contributed by atoms with Crippen LogP contribution in [0.1, 0.15) is 31.4 Å². The van der Waals surface area contributed by atoms with Crippen molar-refractivity contribution < 1.29 is 13.9 Å². The normalized spacial score (nSPS) is 28.7. The van der Waals surface area contributed by atoms with Gasteiger partial charge in [0.15, 0.2) is 0 Å². The summed E-state index contributed by atoms with van der Waals surface area (Å²) in [6.45, 7) is 7.33. The molecule has 0 N–H and O–H groups in total. The molecule has 0 amide bonds. The van der Waals surface area contributed by atoms with E-state index in [-0.39, 0.29) is 17.8 Å². The van der Waals surface area contributed by atoms with Gasteiger partial charge in [-0.3, -0.25) is 14.7 Å². The standard InChI is InChI=1S/C21H23FN2O2/c1-3-14-12-24-9-7-15(14)10-20(24)21(26-13(2)25)17-6-8-23-19-5-4-16(22)11-18(17)19/h3-6,8,11,14-15,20-21H,1,7,9-10,12H2,2H3/t14-,15?,20?,21+/m0/s1. The van der Waals surface area contributed by atoms with E-state index < -0.39 is 6.10 Å². The number of esters is 1. The molecule has 3 fully saturated rings. The van der Waals surface area contributed by atoms with Crippen molar-refractivity contribution in [3.8, 4) is 0 Å². The zero-order valence-electron chi connectivity index (χ0n) is 14.9. The van der Waals surface area contributed by atoms with Gasteiger partial charge < -0.3 is 4.74 Å². The minimum Gasteiger partial charge on any atom is -0.456 e. The van der Waals surface area contributed by atoms with Crippen LogP contribution >= 0.6 is 0 Å². The van der Waals surface area contributed by atoms with Gasteiger partial charge in [0.25, 0.3) is 0 Å². The molecular weight excluding hydrogens is 331 g/mol. The third-order valence-corrected chi connectivity index (χ3v) is 5.84. The van der Waals surface area contributed by atoms with Crippen molar-refractivity contribution in [3.05, 3.63) is 54.5 Å². The van der Waals surface area contributed by atoms with Crippen molar-refractivity contribution in [2.75, 3.05) is 13.1 Å². The van der Waals surface area contributed by atoms with Crippen LogP contribution in [0.2, 0.25) is 0 Å². The van der Waals surface area contributed by atoms with Crippen LogP contribution in [0.4, 0.5) is 4.39 Å². The molecule has 0 saturated carbocycles. The highest BCUT2D eigenvalue weighted by molar-refractivity contribution is 5.83. The van der Waals surface area contributed by atoms with Gasteiger partial charge in [-0.15, -0.1) is 6.58 Å². The third kappa shape index (κ3) is 3.01. The lowest BCUT2D eigenvalue weighted by Gasteiger charge is -2.51. The molecule has 4 heterocycles. The molecular formula is C21H23FN2O2. The number of hydrogen-bond donors (Lipinski definition) is 0. The smallest absolute Gasteiger partial charge is 0.303 e. The average Bonchev–Trinajstić information content (AvgIpc) is 2.65. The molecule has 0 spiro atoms. The Morgan fingerprint density at radius 3 is 3.00 bits per heavy atom. The van der Waals surface area contributed by atoms with Crippen LogP contribution in [-0.4, -0.2) is 35.0 Å². The number of ether oxygens (including phenoxy) is 1. The van der Waals surface area contributed by atoms with Gasteiger partial charge in [0.1, 0.15) is 11.9 Å². The molecule has 0 aliphatic carbocycles. The van der Waals surface area contributed by atoms with Gasteiger partial charge in [0.05, 0.1) is 11.6 Å². The number of halogens is 1. The minimum absolute atomic E-state index is 0.0997. The van der Waals surface area contributed by atoms with Crippen LogP contribution in [0.15, 0.2) is 43.1 Å². The molecule has 2 bridgehead atoms. The van der Waals surface area contributed by atoms with Crippen LogP contribution in [0.25, 0.3) is 10.9 Å². The quantitative estimate of drug-likeness (QED) is 0.617. The maximum absolute atomic E-state index is 13.9. The lowest BCUT2D eigenvalue weighted by Crippen LogP contribution is -2.55. The average molecular weight is 354 g/mol. The molecule has 5 rings (SSSR count). The molecule has 3 saturated heterocycles. The second-order valence-corrected chi connectivity index (χ2v) is 7.34. The van der Waals surface area contributed by atoms with E-state index in [0.717, 1.165) is 31.5 Å². The van der Waals surface area contributed by atoms with Gasteiger partial charge in [0.2, 0.25) is 0 Å². The Labute approximate surface area is 152 Å². The van der Waals surface area contributed by atoms with Crippen molar-refractivity contribution in [2.24, 2.45) is 11.8 Å². The molecule has 3 unspecified atom stereocenters. The number of nitrogens with zero attached hydrogens (tertiary/aromatic N) is 2. The summed E-state index contributed by atoms with van der Waals surface area (Å²) in [6, 6.07) is 6.50. The van der Waals surface area contributed by atoms with Crippen molar-refractivity contribution in [1.29, 1.82) is 0 Å². The fraction of sp³-hybridized carbons (Fsp3) is 0.429. The molecule has 1 aromatic carbocycles. The Kier molecular flexibility index (Phi) is 4.49. The Balaban J connectivity index is 1.76. The highest BCUT2D eigenvalue weighted by Crippen LogP contribution is 2.43. The lowest BCUT2D eigenvalue weighted by molar-refractivity contribution is -0.154. The molecule has 4 nitrogen and oxygen atoms in total. The summed E-state index contributed by atoms with van der Waals surface area (Å²) < 4.78 is 19.7. The first-order chi connectivity index (χ1) is 12.6. The zero-order valence-corrected chi connectivity index (χ0v) is 14.9. The van der Waals surface area contributed by atoms with Crippen molar-refractivity contribution in [3.63, 3.8) is 0 Å². The Morgan fingerprint density at radius 1 is 1.46 bits per heavy atom. The van der Waals surface area contributed by atoms with E-state index in [0.29, 0.717) is 22.7 Å². The predicted octanol–water partition coefficient (Wildman–Crippen LogP) is 3.87. The summed E-state index contributed by atoms with van der Waals surface area (Å²) in [5.41, 5.74) is 1.54. The number of pyridine rings is 1. The number of hydrogen-bond acceptors (Lipinski definition) is 4.